The van der Waals surface area contributed by atoms with E-state index in [4.69, 9.17) is 4.42 Å². The van der Waals surface area contributed by atoms with Gasteiger partial charge < -0.3 is 9.52 Å². The number of hydrogen-bond acceptors (Lipinski definition) is 6. The standard InChI is InChI=1S/C13H10N4O4/c18-8-11-13(12-5-2-6-21-12)16(15-14-11)9-3-1-4-10(7-9)17(19)20/h1-7,18H,8H2. The Bertz CT molecular complexity index is 779. The minimum Gasteiger partial charge on any atom is -0.463 e. The molecule has 0 aliphatic rings. The van der Waals surface area contributed by atoms with E-state index >= 15 is 0 Å². The molecule has 0 aliphatic carbocycles. The van der Waals surface area contributed by atoms with E-state index in [1.54, 1.807) is 24.3 Å². The fraction of sp³-hybridized carbons (Fsp3) is 0.0769. The van der Waals surface area contributed by atoms with Gasteiger partial charge in [-0.25, -0.2) is 4.68 Å². The van der Waals surface area contributed by atoms with Crippen LogP contribution in [0.2, 0.25) is 0 Å². The van der Waals surface area contributed by atoms with Crippen molar-refractivity contribution in [1.29, 1.82) is 0 Å². The second kappa shape index (κ2) is 5.17. The van der Waals surface area contributed by atoms with E-state index < -0.39 is 4.92 Å². The number of nitro benzene ring substituents is 1. The highest BCUT2D eigenvalue weighted by Crippen LogP contribution is 2.27. The highest BCUT2D eigenvalue weighted by Gasteiger charge is 2.19. The summed E-state index contributed by atoms with van der Waals surface area (Å²) >= 11 is 0. The number of aliphatic hydroxyl groups excluding tert-OH is 1. The summed E-state index contributed by atoms with van der Waals surface area (Å²) in [5, 5.41) is 28.0. The maximum Gasteiger partial charge on any atom is 0.271 e. The summed E-state index contributed by atoms with van der Waals surface area (Å²) in [6.45, 7) is -0.315. The van der Waals surface area contributed by atoms with E-state index in [0.717, 1.165) is 0 Å². The average Bonchev–Trinajstić information content (AvgIpc) is 3.15. The van der Waals surface area contributed by atoms with Crippen molar-refractivity contribution in [2.75, 3.05) is 0 Å². The number of non-ortho nitro benzene ring substituents is 1. The van der Waals surface area contributed by atoms with Crippen LogP contribution in [0.5, 0.6) is 0 Å². The molecule has 0 spiro atoms. The van der Waals surface area contributed by atoms with Crippen LogP contribution in [0, 0.1) is 10.1 Å². The molecular weight excluding hydrogens is 276 g/mol. The van der Waals surface area contributed by atoms with Gasteiger partial charge in [-0.1, -0.05) is 11.3 Å². The number of rotatable bonds is 4. The Morgan fingerprint density at radius 2 is 2.19 bits per heavy atom. The van der Waals surface area contributed by atoms with E-state index in [-0.39, 0.29) is 12.3 Å². The molecule has 0 saturated heterocycles. The van der Waals surface area contributed by atoms with Crippen molar-refractivity contribution in [2.24, 2.45) is 0 Å². The first-order valence-corrected chi connectivity index (χ1v) is 6.05. The average molecular weight is 286 g/mol. The summed E-state index contributed by atoms with van der Waals surface area (Å²) in [7, 11) is 0. The Morgan fingerprint density at radius 3 is 2.86 bits per heavy atom. The molecule has 0 radical (unpaired) electrons. The zero-order chi connectivity index (χ0) is 14.8. The maximum atomic E-state index is 10.9. The molecule has 8 nitrogen and oxygen atoms in total. The normalized spacial score (nSPS) is 10.7. The number of aromatic nitrogens is 3. The second-order valence-electron chi connectivity index (χ2n) is 4.21. The van der Waals surface area contributed by atoms with Gasteiger partial charge in [0.25, 0.3) is 5.69 Å². The zero-order valence-corrected chi connectivity index (χ0v) is 10.7. The zero-order valence-electron chi connectivity index (χ0n) is 10.7. The summed E-state index contributed by atoms with van der Waals surface area (Å²) in [4.78, 5) is 10.4. The van der Waals surface area contributed by atoms with E-state index in [1.807, 2.05) is 0 Å². The number of nitro groups is 1. The van der Waals surface area contributed by atoms with Crippen molar-refractivity contribution < 1.29 is 14.4 Å². The van der Waals surface area contributed by atoms with Crippen molar-refractivity contribution in [3.05, 3.63) is 58.5 Å². The first-order chi connectivity index (χ1) is 10.2. The molecule has 21 heavy (non-hydrogen) atoms. The van der Waals surface area contributed by atoms with E-state index in [9.17, 15) is 15.2 Å². The molecule has 0 aliphatic heterocycles. The van der Waals surface area contributed by atoms with Gasteiger partial charge in [0.05, 0.1) is 23.5 Å². The lowest BCUT2D eigenvalue weighted by molar-refractivity contribution is -0.384. The molecule has 0 fully saturated rings. The Labute approximate surface area is 118 Å². The molecule has 2 heterocycles. The van der Waals surface area contributed by atoms with Gasteiger partial charge in [-0.3, -0.25) is 10.1 Å². The molecule has 0 bridgehead atoms. The molecular formula is C13H10N4O4. The van der Waals surface area contributed by atoms with Crippen molar-refractivity contribution in [3.63, 3.8) is 0 Å². The third-order valence-electron chi connectivity index (χ3n) is 2.93. The monoisotopic (exact) mass is 286 g/mol. The summed E-state index contributed by atoms with van der Waals surface area (Å²) in [5.74, 6) is 0.468. The molecule has 3 aromatic rings. The fourth-order valence-electron chi connectivity index (χ4n) is 2.00. The summed E-state index contributed by atoms with van der Waals surface area (Å²) < 4.78 is 6.71. The second-order valence-corrected chi connectivity index (χ2v) is 4.21. The highest BCUT2D eigenvalue weighted by atomic mass is 16.6. The number of aliphatic hydroxyl groups is 1. The van der Waals surface area contributed by atoms with Crippen LogP contribution < -0.4 is 0 Å². The Balaban J connectivity index is 2.17. The summed E-state index contributed by atoms with van der Waals surface area (Å²) in [6, 6.07) is 9.38. The number of furan rings is 1. The summed E-state index contributed by atoms with van der Waals surface area (Å²) in [6.07, 6.45) is 1.49. The van der Waals surface area contributed by atoms with Gasteiger partial charge >= 0.3 is 0 Å². The number of hydrogen-bond donors (Lipinski definition) is 1. The molecule has 1 aromatic carbocycles. The molecule has 0 atom stereocenters. The van der Waals surface area contributed by atoms with Crippen molar-refractivity contribution in [1.82, 2.24) is 15.0 Å². The molecule has 1 N–H and O–H groups in total. The third kappa shape index (κ3) is 2.28. The highest BCUT2D eigenvalue weighted by molar-refractivity contribution is 5.59. The topological polar surface area (TPSA) is 107 Å². The Kier molecular flexibility index (Phi) is 3.20. The quantitative estimate of drug-likeness (QED) is 0.580. The third-order valence-corrected chi connectivity index (χ3v) is 2.93. The van der Waals surface area contributed by atoms with Crippen LogP contribution in [0.15, 0.2) is 47.1 Å². The minimum atomic E-state index is -0.486. The van der Waals surface area contributed by atoms with Gasteiger partial charge in [0.2, 0.25) is 0 Å². The van der Waals surface area contributed by atoms with Crippen molar-refractivity contribution in [3.8, 4) is 17.1 Å². The lowest BCUT2D eigenvalue weighted by Crippen LogP contribution is -2.00. The molecule has 2 aromatic heterocycles. The van der Waals surface area contributed by atoms with Crippen LogP contribution in [0.3, 0.4) is 0 Å². The molecule has 8 heteroatoms. The van der Waals surface area contributed by atoms with Gasteiger partial charge in [-0.15, -0.1) is 5.10 Å². The smallest absolute Gasteiger partial charge is 0.271 e. The van der Waals surface area contributed by atoms with Crippen LogP contribution in [0.25, 0.3) is 17.1 Å². The number of benzene rings is 1. The van der Waals surface area contributed by atoms with Crippen LogP contribution in [-0.2, 0) is 6.61 Å². The van der Waals surface area contributed by atoms with Crippen LogP contribution >= 0.6 is 0 Å². The molecule has 3 rings (SSSR count). The van der Waals surface area contributed by atoms with Gasteiger partial charge in [0.15, 0.2) is 5.76 Å². The van der Waals surface area contributed by atoms with E-state index in [0.29, 0.717) is 22.8 Å². The van der Waals surface area contributed by atoms with Gasteiger partial charge in [0.1, 0.15) is 11.4 Å². The fourth-order valence-corrected chi connectivity index (χ4v) is 2.00. The molecule has 106 valence electrons. The predicted octanol–water partition coefficient (Wildman–Crippen LogP) is 1.93. The maximum absolute atomic E-state index is 10.9. The van der Waals surface area contributed by atoms with Gasteiger partial charge in [-0.05, 0) is 18.2 Å². The predicted molar refractivity (Wildman–Crippen MR) is 71.6 cm³/mol. The largest absolute Gasteiger partial charge is 0.463 e. The van der Waals surface area contributed by atoms with E-state index in [2.05, 4.69) is 10.3 Å². The summed E-state index contributed by atoms with van der Waals surface area (Å²) in [5.41, 5.74) is 1.20. The van der Waals surface area contributed by atoms with Crippen molar-refractivity contribution >= 4 is 5.69 Å². The van der Waals surface area contributed by atoms with E-state index in [1.165, 1.54) is 23.1 Å². The SMILES string of the molecule is O=[N+]([O-])c1cccc(-n2nnc(CO)c2-c2ccco2)c1. The van der Waals surface area contributed by atoms with Gasteiger partial charge in [0, 0.05) is 12.1 Å². The molecule has 0 saturated carbocycles. The van der Waals surface area contributed by atoms with Crippen molar-refractivity contribution in [2.45, 2.75) is 6.61 Å². The first kappa shape index (κ1) is 13.0. The number of nitrogens with zero attached hydrogens (tertiary/aromatic N) is 4. The Hall–Kier alpha value is -3.00. The van der Waals surface area contributed by atoms with Crippen LogP contribution in [0.1, 0.15) is 5.69 Å². The Morgan fingerprint density at radius 1 is 1.33 bits per heavy atom. The lowest BCUT2D eigenvalue weighted by Gasteiger charge is -2.05. The first-order valence-electron chi connectivity index (χ1n) is 6.05. The van der Waals surface area contributed by atoms with Crippen LogP contribution in [0.4, 0.5) is 5.69 Å². The molecule has 0 amide bonds. The minimum absolute atomic E-state index is 0.0565. The van der Waals surface area contributed by atoms with Crippen LogP contribution in [-0.4, -0.2) is 25.0 Å². The van der Waals surface area contributed by atoms with Gasteiger partial charge in [-0.2, -0.15) is 0 Å². The lowest BCUT2D eigenvalue weighted by atomic mass is 10.2. The molecule has 0 unspecified atom stereocenters.